The fraction of sp³-hybridized carbons (Fsp3) is 0.111. The average Bonchev–Trinajstić information content (AvgIpc) is 2.55. The van der Waals surface area contributed by atoms with Crippen molar-refractivity contribution in [2.45, 2.75) is 6.92 Å². The average molecular weight is 327 g/mol. The van der Waals surface area contributed by atoms with E-state index in [2.05, 4.69) is 16.0 Å². The summed E-state index contributed by atoms with van der Waals surface area (Å²) in [5, 5.41) is 0.568. The van der Waals surface area contributed by atoms with Crippen LogP contribution < -0.4 is 0 Å². The number of hydrogen-bond donors (Lipinski definition) is 0. The number of benzene rings is 2. The molecule has 0 amide bonds. The van der Waals surface area contributed by atoms with Gasteiger partial charge in [-0.15, -0.1) is 0 Å². The molecule has 23 heavy (non-hydrogen) atoms. The Morgan fingerprint density at radius 2 is 2.00 bits per heavy atom. The second-order valence-electron chi connectivity index (χ2n) is 4.46. The van der Waals surface area contributed by atoms with Crippen molar-refractivity contribution < 1.29 is 9.53 Å². The number of rotatable bonds is 5. The van der Waals surface area contributed by atoms with Crippen molar-refractivity contribution in [3.63, 3.8) is 0 Å². The summed E-state index contributed by atoms with van der Waals surface area (Å²) in [4.78, 5) is 20.0. The molecule has 0 fully saturated rings. The lowest BCUT2D eigenvalue weighted by atomic mass is 10.2. The summed E-state index contributed by atoms with van der Waals surface area (Å²) in [5.74, 6) is -0.523. The van der Waals surface area contributed by atoms with Gasteiger partial charge < -0.3 is 4.74 Å². The predicted molar refractivity (Wildman–Crippen MR) is 92.0 cm³/mol. The van der Waals surface area contributed by atoms with Crippen molar-refractivity contribution in [2.75, 3.05) is 6.61 Å². The molecule has 0 aliphatic heterocycles. The van der Waals surface area contributed by atoms with Crippen LogP contribution >= 0.6 is 11.6 Å². The Bertz CT molecular complexity index is 764. The molecule has 0 heterocycles. The Morgan fingerprint density at radius 1 is 1.22 bits per heavy atom. The van der Waals surface area contributed by atoms with Gasteiger partial charge in [-0.25, -0.2) is 4.79 Å². The Balaban J connectivity index is 2.29. The van der Waals surface area contributed by atoms with Crippen LogP contribution in [0, 0.1) is 0 Å². The summed E-state index contributed by atoms with van der Waals surface area (Å²) in [5.41, 5.74) is 1.57. The topological polar surface area (TPSA) is 51.0 Å². The number of nitrogens with zero attached hydrogens (tertiary/aromatic N) is 2. The minimum absolute atomic E-state index is 0.129. The molecule has 116 valence electrons. The van der Waals surface area contributed by atoms with Gasteiger partial charge in [-0.05, 0) is 36.8 Å². The highest BCUT2D eigenvalue weighted by molar-refractivity contribution is 6.30. The van der Waals surface area contributed by atoms with Crippen molar-refractivity contribution in [2.24, 2.45) is 9.98 Å². The summed E-state index contributed by atoms with van der Waals surface area (Å²) >= 11 is 5.88. The molecule has 0 radical (unpaired) electrons. The first-order valence-corrected chi connectivity index (χ1v) is 7.42. The lowest BCUT2D eigenvalue weighted by molar-refractivity contribution is -0.138. The maximum Gasteiger partial charge on any atom is 0.357 e. The van der Waals surface area contributed by atoms with Crippen LogP contribution in [-0.4, -0.2) is 18.6 Å². The van der Waals surface area contributed by atoms with Crippen LogP contribution in [0.3, 0.4) is 0 Å². The highest BCUT2D eigenvalue weighted by atomic mass is 35.5. The molecule has 0 bridgehead atoms. The van der Waals surface area contributed by atoms with Gasteiger partial charge in [0.05, 0.1) is 12.3 Å². The van der Waals surface area contributed by atoms with Crippen LogP contribution in [0.1, 0.15) is 12.5 Å². The molecule has 0 aromatic heterocycles. The number of carbonyl (C=O) groups excluding carboxylic acids is 1. The number of esters is 1. The van der Waals surface area contributed by atoms with Crippen LogP contribution in [0.25, 0.3) is 6.08 Å². The quantitative estimate of drug-likeness (QED) is 0.452. The van der Waals surface area contributed by atoms with Crippen molar-refractivity contribution in [3.05, 3.63) is 70.9 Å². The third-order valence-electron chi connectivity index (χ3n) is 2.75. The van der Waals surface area contributed by atoms with E-state index in [1.165, 1.54) is 0 Å². The molecule has 2 aromatic carbocycles. The SMILES string of the molecule is CCOC(=O)/C(=C/c1ccccc1)N=C=Nc1cccc(Cl)c1. The molecule has 0 spiro atoms. The highest BCUT2D eigenvalue weighted by Gasteiger charge is 2.09. The van der Waals surface area contributed by atoms with Gasteiger partial charge in [0.1, 0.15) is 6.01 Å². The summed E-state index contributed by atoms with van der Waals surface area (Å²) in [6.45, 7) is 2.01. The first-order chi connectivity index (χ1) is 11.2. The van der Waals surface area contributed by atoms with Gasteiger partial charge in [0, 0.05) is 5.02 Å². The first-order valence-electron chi connectivity index (χ1n) is 7.05. The van der Waals surface area contributed by atoms with E-state index < -0.39 is 5.97 Å². The molecule has 0 saturated heterocycles. The van der Waals surface area contributed by atoms with E-state index in [0.717, 1.165) is 5.56 Å². The van der Waals surface area contributed by atoms with Crippen molar-refractivity contribution in [3.8, 4) is 0 Å². The summed E-state index contributed by atoms with van der Waals surface area (Å²) in [7, 11) is 0. The molecule has 4 nitrogen and oxygen atoms in total. The van der Waals surface area contributed by atoms with Crippen LogP contribution in [0.4, 0.5) is 5.69 Å². The molecule has 0 atom stereocenters. The molecule has 0 aliphatic carbocycles. The second-order valence-corrected chi connectivity index (χ2v) is 4.90. The zero-order chi connectivity index (χ0) is 16.5. The molecule has 0 saturated carbocycles. The number of hydrogen-bond acceptors (Lipinski definition) is 4. The summed E-state index contributed by atoms with van der Waals surface area (Å²) in [6.07, 6.45) is 1.62. The third kappa shape index (κ3) is 5.55. The lowest BCUT2D eigenvalue weighted by Gasteiger charge is -2.00. The van der Waals surface area contributed by atoms with Crippen LogP contribution in [0.5, 0.6) is 0 Å². The standard InChI is InChI=1S/C18H15ClN2O2/c1-2-23-18(22)17(11-14-7-4-3-5-8-14)21-13-20-16-10-6-9-15(19)12-16/h3-12H,2H2,1H3/b17-11-. The van der Waals surface area contributed by atoms with E-state index >= 15 is 0 Å². The van der Waals surface area contributed by atoms with E-state index in [0.29, 0.717) is 10.7 Å². The second kappa shape index (κ2) is 8.69. The van der Waals surface area contributed by atoms with E-state index in [4.69, 9.17) is 16.3 Å². The zero-order valence-electron chi connectivity index (χ0n) is 12.6. The molecule has 0 unspecified atom stereocenters. The number of ether oxygens (including phenoxy) is 1. The smallest absolute Gasteiger partial charge is 0.357 e. The van der Waals surface area contributed by atoms with Gasteiger partial charge in [-0.2, -0.15) is 9.98 Å². The summed E-state index contributed by atoms with van der Waals surface area (Å²) in [6, 6.07) is 18.8. The Labute approximate surface area is 139 Å². The molecular formula is C18H15ClN2O2. The minimum atomic E-state index is -0.523. The first kappa shape index (κ1) is 16.7. The molecule has 5 heteroatoms. The predicted octanol–water partition coefficient (Wildman–Crippen LogP) is 4.75. The maximum absolute atomic E-state index is 12.0. The van der Waals surface area contributed by atoms with Crippen molar-refractivity contribution in [1.29, 1.82) is 0 Å². The van der Waals surface area contributed by atoms with Crippen LogP contribution in [0.15, 0.2) is 70.3 Å². The minimum Gasteiger partial charge on any atom is -0.461 e. The number of halogens is 1. The fourth-order valence-corrected chi connectivity index (χ4v) is 1.92. The van der Waals surface area contributed by atoms with Gasteiger partial charge in [0.15, 0.2) is 5.70 Å². The highest BCUT2D eigenvalue weighted by Crippen LogP contribution is 2.17. The van der Waals surface area contributed by atoms with E-state index in [-0.39, 0.29) is 12.3 Å². The van der Waals surface area contributed by atoms with Crippen molar-refractivity contribution >= 4 is 35.3 Å². The molecule has 0 N–H and O–H groups in total. The van der Waals surface area contributed by atoms with Gasteiger partial charge in [-0.1, -0.05) is 48.0 Å². The maximum atomic E-state index is 12.0. The van der Waals surface area contributed by atoms with Gasteiger partial charge in [0.25, 0.3) is 0 Å². The molecule has 0 aliphatic rings. The Kier molecular flexibility index (Phi) is 6.30. The van der Waals surface area contributed by atoms with Gasteiger partial charge in [0.2, 0.25) is 0 Å². The lowest BCUT2D eigenvalue weighted by Crippen LogP contribution is -2.05. The molecule has 2 aromatic rings. The van der Waals surface area contributed by atoms with Crippen molar-refractivity contribution in [1.82, 2.24) is 0 Å². The Morgan fingerprint density at radius 3 is 2.70 bits per heavy atom. The Hall–Kier alpha value is -2.68. The van der Waals surface area contributed by atoms with Gasteiger partial charge in [-0.3, -0.25) is 0 Å². The van der Waals surface area contributed by atoms with E-state index in [9.17, 15) is 4.79 Å². The normalized spacial score (nSPS) is 10.6. The molecular weight excluding hydrogens is 312 g/mol. The van der Waals surface area contributed by atoms with Crippen LogP contribution in [0.2, 0.25) is 5.02 Å². The van der Waals surface area contributed by atoms with E-state index in [1.54, 1.807) is 37.3 Å². The van der Waals surface area contributed by atoms with E-state index in [1.807, 2.05) is 30.3 Å². The summed E-state index contributed by atoms with van der Waals surface area (Å²) < 4.78 is 4.99. The fourth-order valence-electron chi connectivity index (χ4n) is 1.73. The van der Waals surface area contributed by atoms with Gasteiger partial charge >= 0.3 is 5.97 Å². The number of aliphatic imine (C=N–C) groups is 2. The van der Waals surface area contributed by atoms with Crippen LogP contribution in [-0.2, 0) is 9.53 Å². The molecule has 2 rings (SSSR count). The third-order valence-corrected chi connectivity index (χ3v) is 2.98. The largest absolute Gasteiger partial charge is 0.461 e. The number of carbonyl (C=O) groups is 1. The monoisotopic (exact) mass is 326 g/mol. The zero-order valence-corrected chi connectivity index (χ0v) is 13.3.